The summed E-state index contributed by atoms with van der Waals surface area (Å²) in [5.41, 5.74) is 0.731. The third-order valence-electron chi connectivity index (χ3n) is 3.91. The van der Waals surface area contributed by atoms with Gasteiger partial charge in [0, 0.05) is 17.6 Å². The van der Waals surface area contributed by atoms with Crippen LogP contribution < -0.4 is 0 Å². The Morgan fingerprint density at radius 3 is 2.71 bits per heavy atom. The Labute approximate surface area is 143 Å². The fourth-order valence-electron chi connectivity index (χ4n) is 2.71. The summed E-state index contributed by atoms with van der Waals surface area (Å²) >= 11 is 5.81. The van der Waals surface area contributed by atoms with Crippen LogP contribution in [-0.2, 0) is 4.74 Å². The lowest BCUT2D eigenvalue weighted by Crippen LogP contribution is -2.42. The molecule has 2 aromatic rings. The van der Waals surface area contributed by atoms with E-state index in [-0.39, 0.29) is 28.3 Å². The lowest BCUT2D eigenvalue weighted by atomic mass is 10.1. The van der Waals surface area contributed by atoms with E-state index in [1.54, 1.807) is 4.90 Å². The van der Waals surface area contributed by atoms with Crippen molar-refractivity contribution < 1.29 is 14.5 Å². The van der Waals surface area contributed by atoms with Crippen molar-refractivity contribution in [1.82, 2.24) is 4.90 Å². The summed E-state index contributed by atoms with van der Waals surface area (Å²) in [6, 6.07) is 13.7. The molecule has 0 aliphatic carbocycles. The maximum absolute atomic E-state index is 12.7. The molecule has 1 heterocycles. The van der Waals surface area contributed by atoms with Crippen molar-refractivity contribution in [2.45, 2.75) is 6.10 Å². The summed E-state index contributed by atoms with van der Waals surface area (Å²) in [6.45, 7) is 1.12. The van der Waals surface area contributed by atoms with E-state index in [9.17, 15) is 14.9 Å². The molecular formula is C17H15ClN2O4. The zero-order chi connectivity index (χ0) is 17.1. The van der Waals surface area contributed by atoms with Crippen molar-refractivity contribution in [3.8, 4) is 0 Å². The van der Waals surface area contributed by atoms with Crippen molar-refractivity contribution in [3.63, 3.8) is 0 Å². The average molecular weight is 347 g/mol. The van der Waals surface area contributed by atoms with Gasteiger partial charge in [-0.2, -0.15) is 0 Å². The number of nitrogens with zero attached hydrogens (tertiary/aromatic N) is 2. The number of rotatable bonds is 3. The van der Waals surface area contributed by atoms with Crippen LogP contribution in [0.1, 0.15) is 22.0 Å². The summed E-state index contributed by atoms with van der Waals surface area (Å²) in [6.07, 6.45) is -0.241. The van der Waals surface area contributed by atoms with Gasteiger partial charge in [0.05, 0.1) is 18.1 Å². The molecule has 1 aliphatic rings. The first-order chi connectivity index (χ1) is 11.6. The monoisotopic (exact) mass is 346 g/mol. The molecule has 1 amide bonds. The van der Waals surface area contributed by atoms with Crippen molar-refractivity contribution in [2.75, 3.05) is 19.7 Å². The van der Waals surface area contributed by atoms with E-state index in [0.29, 0.717) is 19.7 Å². The van der Waals surface area contributed by atoms with Crippen LogP contribution in [0.4, 0.5) is 5.69 Å². The Balaban J connectivity index is 1.84. The summed E-state index contributed by atoms with van der Waals surface area (Å²) < 4.78 is 5.73. The SMILES string of the molecule is O=C(c1ccc(Cl)cc1[N+](=O)[O-])N1CCOC(c2ccccc2)C1. The fraction of sp³-hybridized carbons (Fsp3) is 0.235. The van der Waals surface area contributed by atoms with E-state index in [1.165, 1.54) is 18.2 Å². The lowest BCUT2D eigenvalue weighted by molar-refractivity contribution is -0.385. The molecule has 2 aromatic carbocycles. The number of carbonyl (C=O) groups is 1. The van der Waals surface area contributed by atoms with Gasteiger partial charge in [0.1, 0.15) is 11.7 Å². The van der Waals surface area contributed by atoms with Crippen molar-refractivity contribution in [3.05, 3.63) is 74.8 Å². The number of ether oxygens (including phenoxy) is 1. The second-order valence-electron chi connectivity index (χ2n) is 5.44. The zero-order valence-corrected chi connectivity index (χ0v) is 13.5. The zero-order valence-electron chi connectivity index (χ0n) is 12.7. The van der Waals surface area contributed by atoms with Crippen LogP contribution in [0.3, 0.4) is 0 Å². The number of nitro benzene ring substituents is 1. The smallest absolute Gasteiger partial charge is 0.283 e. The van der Waals surface area contributed by atoms with Gasteiger partial charge in [0.15, 0.2) is 0 Å². The highest BCUT2D eigenvalue weighted by Crippen LogP contribution is 2.27. The first-order valence-electron chi connectivity index (χ1n) is 7.46. The third-order valence-corrected chi connectivity index (χ3v) is 4.15. The molecule has 24 heavy (non-hydrogen) atoms. The fourth-order valence-corrected chi connectivity index (χ4v) is 2.88. The maximum atomic E-state index is 12.7. The van der Waals surface area contributed by atoms with E-state index < -0.39 is 4.92 Å². The number of nitro groups is 1. The third kappa shape index (κ3) is 3.39. The molecule has 1 aliphatic heterocycles. The first kappa shape index (κ1) is 16.4. The van der Waals surface area contributed by atoms with Crippen LogP contribution >= 0.6 is 11.6 Å². The number of hydrogen-bond donors (Lipinski definition) is 0. The maximum Gasteiger partial charge on any atom is 0.283 e. The molecule has 0 N–H and O–H groups in total. The standard InChI is InChI=1S/C17H15ClN2O4/c18-13-6-7-14(15(10-13)20(22)23)17(21)19-8-9-24-16(11-19)12-4-2-1-3-5-12/h1-7,10,16H,8-9,11H2. The van der Waals surface area contributed by atoms with Crippen LogP contribution in [0.15, 0.2) is 48.5 Å². The normalized spacial score (nSPS) is 17.5. The van der Waals surface area contributed by atoms with E-state index in [0.717, 1.165) is 5.56 Å². The molecule has 0 bridgehead atoms. The van der Waals surface area contributed by atoms with Gasteiger partial charge in [0.25, 0.3) is 11.6 Å². The number of carbonyl (C=O) groups excluding carboxylic acids is 1. The minimum atomic E-state index is -0.589. The van der Waals surface area contributed by atoms with Crippen LogP contribution in [0.5, 0.6) is 0 Å². The predicted octanol–water partition coefficient (Wildman–Crippen LogP) is 3.46. The van der Waals surface area contributed by atoms with Gasteiger partial charge >= 0.3 is 0 Å². The van der Waals surface area contributed by atoms with E-state index >= 15 is 0 Å². The molecular weight excluding hydrogens is 332 g/mol. The van der Waals surface area contributed by atoms with E-state index in [4.69, 9.17) is 16.3 Å². The number of amides is 1. The second kappa shape index (κ2) is 6.98. The molecule has 0 radical (unpaired) electrons. The van der Waals surface area contributed by atoms with E-state index in [2.05, 4.69) is 0 Å². The summed E-state index contributed by atoms with van der Waals surface area (Å²) in [5.74, 6) is -0.386. The molecule has 7 heteroatoms. The van der Waals surface area contributed by atoms with Gasteiger partial charge in [-0.1, -0.05) is 41.9 Å². The highest BCUT2D eigenvalue weighted by atomic mass is 35.5. The Hall–Kier alpha value is -2.44. The number of morpholine rings is 1. The predicted molar refractivity (Wildman–Crippen MR) is 89.1 cm³/mol. The molecule has 124 valence electrons. The molecule has 1 atom stereocenters. The largest absolute Gasteiger partial charge is 0.370 e. The van der Waals surface area contributed by atoms with Crippen molar-refractivity contribution >= 4 is 23.2 Å². The molecule has 3 rings (SSSR count). The highest BCUT2D eigenvalue weighted by molar-refractivity contribution is 6.31. The van der Waals surface area contributed by atoms with Gasteiger partial charge in [-0.3, -0.25) is 14.9 Å². The summed E-state index contributed by atoms with van der Waals surface area (Å²) in [7, 11) is 0. The highest BCUT2D eigenvalue weighted by Gasteiger charge is 2.30. The van der Waals surface area contributed by atoms with Crippen molar-refractivity contribution in [1.29, 1.82) is 0 Å². The minimum Gasteiger partial charge on any atom is -0.370 e. The molecule has 0 aromatic heterocycles. The number of benzene rings is 2. The second-order valence-corrected chi connectivity index (χ2v) is 5.88. The van der Waals surface area contributed by atoms with Gasteiger partial charge in [-0.05, 0) is 17.7 Å². The molecule has 0 spiro atoms. The van der Waals surface area contributed by atoms with Gasteiger partial charge in [-0.15, -0.1) is 0 Å². The lowest BCUT2D eigenvalue weighted by Gasteiger charge is -2.33. The summed E-state index contributed by atoms with van der Waals surface area (Å²) in [4.78, 5) is 24.9. The molecule has 1 saturated heterocycles. The minimum absolute atomic E-state index is 0.0399. The Morgan fingerprint density at radius 1 is 1.25 bits per heavy atom. The van der Waals surface area contributed by atoms with Gasteiger partial charge < -0.3 is 9.64 Å². The van der Waals surface area contributed by atoms with Crippen LogP contribution in [0.25, 0.3) is 0 Å². The quantitative estimate of drug-likeness (QED) is 0.630. The van der Waals surface area contributed by atoms with Crippen molar-refractivity contribution in [2.24, 2.45) is 0 Å². The molecule has 1 fully saturated rings. The molecule has 6 nitrogen and oxygen atoms in total. The Bertz CT molecular complexity index is 766. The molecule has 1 unspecified atom stereocenters. The van der Waals surface area contributed by atoms with Crippen LogP contribution in [-0.4, -0.2) is 35.4 Å². The summed E-state index contributed by atoms with van der Waals surface area (Å²) in [5, 5.41) is 11.4. The number of hydrogen-bond acceptors (Lipinski definition) is 4. The van der Waals surface area contributed by atoms with E-state index in [1.807, 2.05) is 30.3 Å². The van der Waals surface area contributed by atoms with Gasteiger partial charge in [0.2, 0.25) is 0 Å². The Morgan fingerprint density at radius 2 is 2.00 bits per heavy atom. The molecule has 0 saturated carbocycles. The van der Waals surface area contributed by atoms with Crippen LogP contribution in [0, 0.1) is 10.1 Å². The van der Waals surface area contributed by atoms with Gasteiger partial charge in [-0.25, -0.2) is 0 Å². The average Bonchev–Trinajstić information content (AvgIpc) is 2.62. The van der Waals surface area contributed by atoms with Crippen LogP contribution in [0.2, 0.25) is 5.02 Å². The Kier molecular flexibility index (Phi) is 4.78. The topological polar surface area (TPSA) is 72.7 Å². The first-order valence-corrected chi connectivity index (χ1v) is 7.84. The number of halogens is 1.